The Bertz CT molecular complexity index is 1070. The highest BCUT2D eigenvalue weighted by Gasteiger charge is 2.23. The van der Waals surface area contributed by atoms with E-state index in [-0.39, 0.29) is 11.0 Å². The fourth-order valence-corrected chi connectivity index (χ4v) is 4.29. The van der Waals surface area contributed by atoms with Crippen molar-refractivity contribution in [3.05, 3.63) is 46.5 Å². The number of carboxylic acids is 1. The Balaban J connectivity index is 1.66. The number of ether oxygens (including phenoxy) is 1. The molecule has 3 aromatic heterocycles. The van der Waals surface area contributed by atoms with Crippen molar-refractivity contribution in [2.75, 3.05) is 41.9 Å². The molecule has 1 unspecified atom stereocenters. The van der Waals surface area contributed by atoms with Gasteiger partial charge in [-0.25, -0.2) is 9.78 Å². The second kappa shape index (κ2) is 10.5. The van der Waals surface area contributed by atoms with Crippen LogP contribution in [0.25, 0.3) is 0 Å². The van der Waals surface area contributed by atoms with Crippen molar-refractivity contribution < 1.29 is 14.6 Å². The largest absolute Gasteiger partial charge is 0.477 e. The molecule has 1 atom stereocenters. The van der Waals surface area contributed by atoms with Crippen LogP contribution in [-0.2, 0) is 11.3 Å². The van der Waals surface area contributed by atoms with Gasteiger partial charge in [-0.3, -0.25) is 9.88 Å². The van der Waals surface area contributed by atoms with Gasteiger partial charge in [-0.15, -0.1) is 11.3 Å². The first-order chi connectivity index (χ1) is 16.0. The molecule has 3 aromatic rings. The Morgan fingerprint density at radius 2 is 2.27 bits per heavy atom. The van der Waals surface area contributed by atoms with Crippen LogP contribution in [0, 0.1) is 0 Å². The molecule has 1 aliphatic rings. The van der Waals surface area contributed by atoms with E-state index in [1.54, 1.807) is 11.1 Å². The van der Waals surface area contributed by atoms with Crippen LogP contribution in [-0.4, -0.2) is 63.9 Å². The number of nitrogens with one attached hydrogen (secondary N) is 1. The molecule has 1 aliphatic heterocycles. The van der Waals surface area contributed by atoms with Crippen LogP contribution in [0.2, 0.25) is 0 Å². The van der Waals surface area contributed by atoms with E-state index in [4.69, 9.17) is 14.7 Å². The minimum absolute atomic E-state index is 0.152. The fourth-order valence-electron chi connectivity index (χ4n) is 3.66. The van der Waals surface area contributed by atoms with E-state index in [2.05, 4.69) is 15.3 Å². The molecule has 0 aromatic carbocycles. The number of aromatic nitrogens is 4. The van der Waals surface area contributed by atoms with Crippen molar-refractivity contribution in [2.24, 2.45) is 0 Å². The molecular formula is C22H27N7O3S. The number of hydrogen-bond donors (Lipinski definition) is 2. The van der Waals surface area contributed by atoms with Crippen molar-refractivity contribution in [1.29, 1.82) is 0 Å². The summed E-state index contributed by atoms with van der Waals surface area (Å²) in [5.41, 5.74) is 2.57. The molecule has 0 saturated carbocycles. The second-order valence-corrected chi connectivity index (χ2v) is 8.55. The average Bonchev–Trinajstić information content (AvgIpc) is 3.51. The number of nitrogens with zero attached hydrogens (tertiary/aromatic N) is 6. The molecule has 0 aliphatic carbocycles. The lowest BCUT2D eigenvalue weighted by Crippen LogP contribution is -2.25. The van der Waals surface area contributed by atoms with E-state index in [1.807, 2.05) is 43.3 Å². The predicted octanol–water partition coefficient (Wildman–Crippen LogP) is 3.41. The highest BCUT2D eigenvalue weighted by molar-refractivity contribution is 7.12. The van der Waals surface area contributed by atoms with Crippen LogP contribution >= 0.6 is 11.3 Å². The highest BCUT2D eigenvalue weighted by Crippen LogP contribution is 2.30. The third-order valence-electron chi connectivity index (χ3n) is 5.33. The summed E-state index contributed by atoms with van der Waals surface area (Å²) in [6.45, 7) is 4.42. The van der Waals surface area contributed by atoms with E-state index >= 15 is 0 Å². The molecule has 1 saturated heterocycles. The number of anilines is 4. The average molecular weight is 470 g/mol. The van der Waals surface area contributed by atoms with Crippen molar-refractivity contribution in [3.8, 4) is 0 Å². The predicted molar refractivity (Wildman–Crippen MR) is 128 cm³/mol. The van der Waals surface area contributed by atoms with E-state index in [9.17, 15) is 9.90 Å². The number of aromatic carboxylic acids is 1. The lowest BCUT2D eigenvalue weighted by molar-refractivity contribution is 0.0702. The summed E-state index contributed by atoms with van der Waals surface area (Å²) < 4.78 is 5.72. The Morgan fingerprint density at radius 1 is 1.39 bits per heavy atom. The molecule has 0 amide bonds. The summed E-state index contributed by atoms with van der Waals surface area (Å²) >= 11 is 1.08. The SMILES string of the molecule is CCN(c1nc(NCC2CCCO2)cc(N(C)Cc2cccnc2)n1)c1ncsc1C(=O)O. The summed E-state index contributed by atoms with van der Waals surface area (Å²) in [6.07, 6.45) is 5.79. The van der Waals surface area contributed by atoms with Crippen molar-refractivity contribution >= 4 is 40.7 Å². The zero-order valence-electron chi connectivity index (χ0n) is 18.6. The maximum Gasteiger partial charge on any atom is 0.349 e. The van der Waals surface area contributed by atoms with E-state index in [1.165, 1.54) is 5.51 Å². The van der Waals surface area contributed by atoms with E-state index < -0.39 is 5.97 Å². The fraction of sp³-hybridized carbons (Fsp3) is 0.409. The summed E-state index contributed by atoms with van der Waals surface area (Å²) in [7, 11) is 1.95. The van der Waals surface area contributed by atoms with Gasteiger partial charge in [0, 0.05) is 51.7 Å². The Morgan fingerprint density at radius 3 is 2.97 bits per heavy atom. The van der Waals surface area contributed by atoms with Gasteiger partial charge in [-0.1, -0.05) is 6.07 Å². The molecule has 10 nitrogen and oxygen atoms in total. The zero-order chi connectivity index (χ0) is 23.2. The molecule has 4 heterocycles. The summed E-state index contributed by atoms with van der Waals surface area (Å²) in [4.78, 5) is 33.5. The van der Waals surface area contributed by atoms with Gasteiger partial charge in [-0.2, -0.15) is 9.97 Å². The van der Waals surface area contributed by atoms with Gasteiger partial charge < -0.3 is 20.1 Å². The Hall–Kier alpha value is -3.31. The normalized spacial score (nSPS) is 15.4. The topological polar surface area (TPSA) is 117 Å². The standard InChI is InChI=1S/C22H27N7O3S/c1-3-29(20-19(21(30)31)33-14-25-20)22-26-17(24-12-16-7-5-9-32-16)10-18(27-22)28(2)13-15-6-4-8-23-11-15/h4,6,8,10-11,14,16H,3,5,7,9,12-13H2,1-2H3,(H,30,31)(H,24,26,27). The van der Waals surface area contributed by atoms with Gasteiger partial charge in [0.1, 0.15) is 11.6 Å². The van der Waals surface area contributed by atoms with Gasteiger partial charge in [0.15, 0.2) is 10.7 Å². The van der Waals surface area contributed by atoms with Crippen LogP contribution in [0.4, 0.5) is 23.4 Å². The number of thiazole rings is 1. The van der Waals surface area contributed by atoms with Crippen molar-refractivity contribution in [2.45, 2.75) is 32.4 Å². The Labute approximate surface area is 196 Å². The van der Waals surface area contributed by atoms with Crippen LogP contribution < -0.4 is 15.1 Å². The van der Waals surface area contributed by atoms with Gasteiger partial charge >= 0.3 is 5.97 Å². The first kappa shape index (κ1) is 22.9. The van der Waals surface area contributed by atoms with Gasteiger partial charge in [0.25, 0.3) is 0 Å². The number of carboxylic acid groups (broad SMARTS) is 1. The Kier molecular flexibility index (Phi) is 7.30. The van der Waals surface area contributed by atoms with Crippen molar-refractivity contribution in [1.82, 2.24) is 19.9 Å². The summed E-state index contributed by atoms with van der Waals surface area (Å²) in [6, 6.07) is 5.80. The molecule has 0 bridgehead atoms. The first-order valence-corrected chi connectivity index (χ1v) is 11.7. The summed E-state index contributed by atoms with van der Waals surface area (Å²) in [5.74, 6) is 1.05. The number of carbonyl (C=O) groups is 1. The molecule has 174 valence electrons. The smallest absolute Gasteiger partial charge is 0.349 e. The summed E-state index contributed by atoms with van der Waals surface area (Å²) in [5, 5.41) is 12.9. The second-order valence-electron chi connectivity index (χ2n) is 7.70. The van der Waals surface area contributed by atoms with Crippen LogP contribution in [0.3, 0.4) is 0 Å². The molecular weight excluding hydrogens is 442 g/mol. The monoisotopic (exact) mass is 469 g/mol. The van der Waals surface area contributed by atoms with Crippen molar-refractivity contribution in [3.63, 3.8) is 0 Å². The molecule has 2 N–H and O–H groups in total. The highest BCUT2D eigenvalue weighted by atomic mass is 32.1. The number of hydrogen-bond acceptors (Lipinski definition) is 10. The molecule has 4 rings (SSSR count). The third kappa shape index (κ3) is 5.55. The van der Waals surface area contributed by atoms with Crippen LogP contribution in [0.5, 0.6) is 0 Å². The molecule has 1 fully saturated rings. The van der Waals surface area contributed by atoms with Gasteiger partial charge in [0.05, 0.1) is 11.6 Å². The first-order valence-electron chi connectivity index (χ1n) is 10.8. The molecule has 11 heteroatoms. The third-order valence-corrected chi connectivity index (χ3v) is 6.13. The molecule has 0 radical (unpaired) electrons. The minimum atomic E-state index is -1.02. The van der Waals surface area contributed by atoms with Gasteiger partial charge in [0.2, 0.25) is 5.95 Å². The maximum atomic E-state index is 11.7. The lowest BCUT2D eigenvalue weighted by Gasteiger charge is -2.24. The molecule has 33 heavy (non-hydrogen) atoms. The zero-order valence-corrected chi connectivity index (χ0v) is 19.5. The lowest BCUT2D eigenvalue weighted by atomic mass is 10.2. The van der Waals surface area contributed by atoms with Gasteiger partial charge in [-0.05, 0) is 31.4 Å². The minimum Gasteiger partial charge on any atom is -0.477 e. The van der Waals surface area contributed by atoms with Crippen LogP contribution in [0.1, 0.15) is 35.0 Å². The van der Waals surface area contributed by atoms with Crippen LogP contribution in [0.15, 0.2) is 36.1 Å². The quantitative estimate of drug-likeness (QED) is 0.457. The maximum absolute atomic E-state index is 11.7. The van der Waals surface area contributed by atoms with E-state index in [0.717, 1.165) is 36.3 Å². The number of pyridine rings is 1. The number of rotatable bonds is 10. The molecule has 0 spiro atoms. The van der Waals surface area contributed by atoms with E-state index in [0.29, 0.717) is 43.0 Å².